The molecule has 0 radical (unpaired) electrons. The highest BCUT2D eigenvalue weighted by Crippen LogP contribution is 2.23. The highest BCUT2D eigenvalue weighted by molar-refractivity contribution is 9.10. The van der Waals surface area contributed by atoms with Crippen LogP contribution in [0.4, 0.5) is 0 Å². The van der Waals surface area contributed by atoms with E-state index in [1.165, 1.54) is 0 Å². The second-order valence-corrected chi connectivity index (χ2v) is 4.10. The quantitative estimate of drug-likeness (QED) is 0.877. The van der Waals surface area contributed by atoms with Crippen LogP contribution in [0.15, 0.2) is 22.7 Å². The van der Waals surface area contributed by atoms with Crippen molar-refractivity contribution in [1.82, 2.24) is 0 Å². The minimum Gasteiger partial charge on any atom is -0.391 e. The van der Waals surface area contributed by atoms with E-state index < -0.39 is 6.10 Å². The van der Waals surface area contributed by atoms with Crippen LogP contribution in [0.2, 0.25) is 5.02 Å². The van der Waals surface area contributed by atoms with Gasteiger partial charge in [-0.05, 0) is 40.0 Å². The number of aliphatic hydroxyl groups is 1. The summed E-state index contributed by atoms with van der Waals surface area (Å²) in [4.78, 5) is 0. The summed E-state index contributed by atoms with van der Waals surface area (Å²) in [6.07, 6.45) is 0.0831. The van der Waals surface area contributed by atoms with Gasteiger partial charge in [0.25, 0.3) is 0 Å². The van der Waals surface area contributed by atoms with Crippen molar-refractivity contribution in [2.75, 3.05) is 6.54 Å². The molecule has 1 aromatic rings. The Morgan fingerprint density at radius 3 is 2.77 bits per heavy atom. The minimum absolute atomic E-state index is 0.278. The molecule has 0 fully saturated rings. The molecule has 2 nitrogen and oxygen atoms in total. The van der Waals surface area contributed by atoms with Gasteiger partial charge in [0.05, 0.1) is 11.1 Å². The van der Waals surface area contributed by atoms with Crippen molar-refractivity contribution < 1.29 is 5.11 Å². The van der Waals surface area contributed by atoms with Gasteiger partial charge >= 0.3 is 0 Å². The average molecular weight is 265 g/mol. The summed E-state index contributed by atoms with van der Waals surface area (Å²) >= 11 is 9.13. The third-order valence-corrected chi connectivity index (χ3v) is 2.94. The first-order chi connectivity index (χ1) is 6.13. The predicted octanol–water partition coefficient (Wildman–Crippen LogP) is 1.96. The van der Waals surface area contributed by atoms with Crippen molar-refractivity contribution in [2.45, 2.75) is 12.5 Å². The van der Waals surface area contributed by atoms with E-state index in [2.05, 4.69) is 15.9 Å². The normalized spacial score (nSPS) is 12.9. The highest BCUT2D eigenvalue weighted by atomic mass is 79.9. The second-order valence-electron chi connectivity index (χ2n) is 2.84. The van der Waals surface area contributed by atoms with E-state index in [0.717, 1.165) is 10.0 Å². The molecule has 1 rings (SSSR count). The summed E-state index contributed by atoms with van der Waals surface area (Å²) in [5.41, 5.74) is 6.32. The maximum atomic E-state index is 9.30. The molecule has 0 bridgehead atoms. The fraction of sp³-hybridized carbons (Fsp3) is 0.333. The van der Waals surface area contributed by atoms with Gasteiger partial charge < -0.3 is 10.8 Å². The lowest BCUT2D eigenvalue weighted by atomic mass is 10.1. The SMILES string of the molecule is NCC(O)Cc1ccc(Cl)c(Br)c1. The number of halogens is 2. The number of aliphatic hydroxyl groups excluding tert-OH is 1. The van der Waals surface area contributed by atoms with Crippen molar-refractivity contribution in [3.8, 4) is 0 Å². The average Bonchev–Trinajstić information content (AvgIpc) is 2.11. The molecule has 72 valence electrons. The van der Waals surface area contributed by atoms with E-state index in [1.54, 1.807) is 6.07 Å². The van der Waals surface area contributed by atoms with Crippen molar-refractivity contribution >= 4 is 27.5 Å². The maximum absolute atomic E-state index is 9.30. The summed E-state index contributed by atoms with van der Waals surface area (Å²) in [6, 6.07) is 5.57. The number of benzene rings is 1. The monoisotopic (exact) mass is 263 g/mol. The van der Waals surface area contributed by atoms with Gasteiger partial charge in [-0.2, -0.15) is 0 Å². The van der Waals surface area contributed by atoms with Crippen LogP contribution < -0.4 is 5.73 Å². The summed E-state index contributed by atoms with van der Waals surface area (Å²) in [7, 11) is 0. The van der Waals surface area contributed by atoms with Crippen molar-refractivity contribution in [1.29, 1.82) is 0 Å². The van der Waals surface area contributed by atoms with Crippen LogP contribution in [0.3, 0.4) is 0 Å². The minimum atomic E-state index is -0.479. The highest BCUT2D eigenvalue weighted by Gasteiger charge is 2.04. The molecule has 0 amide bonds. The Kier molecular flexibility index (Phi) is 4.19. The second kappa shape index (κ2) is 4.96. The molecule has 0 aliphatic carbocycles. The number of hydrogen-bond donors (Lipinski definition) is 2. The van der Waals surface area contributed by atoms with E-state index in [9.17, 15) is 5.11 Å². The fourth-order valence-corrected chi connectivity index (χ4v) is 1.57. The van der Waals surface area contributed by atoms with E-state index >= 15 is 0 Å². The van der Waals surface area contributed by atoms with Crippen LogP contribution in [0.5, 0.6) is 0 Å². The lowest BCUT2D eigenvalue weighted by molar-refractivity contribution is 0.183. The molecule has 4 heteroatoms. The van der Waals surface area contributed by atoms with Crippen LogP contribution in [0.1, 0.15) is 5.56 Å². The topological polar surface area (TPSA) is 46.2 Å². The van der Waals surface area contributed by atoms with Crippen LogP contribution in [0, 0.1) is 0 Å². The molecule has 0 aliphatic heterocycles. The molecule has 3 N–H and O–H groups in total. The molecule has 1 aromatic carbocycles. The van der Waals surface area contributed by atoms with E-state index in [4.69, 9.17) is 17.3 Å². The summed E-state index contributed by atoms with van der Waals surface area (Å²) < 4.78 is 0.843. The fourth-order valence-electron chi connectivity index (χ4n) is 1.02. The summed E-state index contributed by atoms with van der Waals surface area (Å²) in [5.74, 6) is 0. The Hall–Kier alpha value is -0.0900. The van der Waals surface area contributed by atoms with Crippen LogP contribution in [-0.2, 0) is 6.42 Å². The zero-order valence-electron chi connectivity index (χ0n) is 7.00. The lowest BCUT2D eigenvalue weighted by Gasteiger charge is -2.07. The van der Waals surface area contributed by atoms with Gasteiger partial charge in [-0.3, -0.25) is 0 Å². The Balaban J connectivity index is 2.73. The van der Waals surface area contributed by atoms with E-state index in [1.807, 2.05) is 12.1 Å². The number of nitrogens with two attached hydrogens (primary N) is 1. The summed E-state index contributed by atoms with van der Waals surface area (Å²) in [5, 5.41) is 9.97. The molecule has 0 aromatic heterocycles. The molecule has 0 aliphatic rings. The summed E-state index contributed by atoms with van der Waals surface area (Å²) in [6.45, 7) is 0.278. The van der Waals surface area contributed by atoms with Gasteiger partial charge in [0.2, 0.25) is 0 Å². The lowest BCUT2D eigenvalue weighted by Crippen LogP contribution is -2.21. The van der Waals surface area contributed by atoms with Gasteiger partial charge in [-0.15, -0.1) is 0 Å². The standard InChI is InChI=1S/C9H11BrClNO/c10-8-4-6(1-2-9(8)11)3-7(13)5-12/h1-2,4,7,13H,3,5,12H2. The number of hydrogen-bond acceptors (Lipinski definition) is 2. The first-order valence-corrected chi connectivity index (χ1v) is 5.12. The van der Waals surface area contributed by atoms with Crippen LogP contribution in [0.25, 0.3) is 0 Å². The Bertz CT molecular complexity index is 293. The Morgan fingerprint density at radius 1 is 1.54 bits per heavy atom. The van der Waals surface area contributed by atoms with Crippen molar-refractivity contribution in [3.63, 3.8) is 0 Å². The molecule has 0 heterocycles. The molecule has 0 saturated carbocycles. The van der Waals surface area contributed by atoms with Gasteiger partial charge in [0.1, 0.15) is 0 Å². The van der Waals surface area contributed by atoms with Gasteiger partial charge in [0, 0.05) is 11.0 Å². The molecular formula is C9H11BrClNO. The molecule has 1 unspecified atom stereocenters. The smallest absolute Gasteiger partial charge is 0.0702 e. The van der Waals surface area contributed by atoms with Gasteiger partial charge in [-0.25, -0.2) is 0 Å². The van der Waals surface area contributed by atoms with E-state index in [-0.39, 0.29) is 6.54 Å². The molecule has 13 heavy (non-hydrogen) atoms. The van der Waals surface area contributed by atoms with Crippen molar-refractivity contribution in [3.05, 3.63) is 33.3 Å². The first kappa shape index (κ1) is 11.0. The zero-order valence-corrected chi connectivity index (χ0v) is 9.35. The van der Waals surface area contributed by atoms with E-state index in [0.29, 0.717) is 11.4 Å². The third-order valence-electron chi connectivity index (χ3n) is 1.73. The Labute approximate surface area is 90.8 Å². The number of rotatable bonds is 3. The molecule has 1 atom stereocenters. The zero-order chi connectivity index (χ0) is 9.84. The largest absolute Gasteiger partial charge is 0.391 e. The first-order valence-electron chi connectivity index (χ1n) is 3.95. The molecule has 0 saturated heterocycles. The van der Waals surface area contributed by atoms with Gasteiger partial charge in [0.15, 0.2) is 0 Å². The predicted molar refractivity (Wildman–Crippen MR) is 57.9 cm³/mol. The van der Waals surface area contributed by atoms with Crippen LogP contribution >= 0.6 is 27.5 Å². The van der Waals surface area contributed by atoms with Crippen molar-refractivity contribution in [2.24, 2.45) is 5.73 Å². The third kappa shape index (κ3) is 3.27. The van der Waals surface area contributed by atoms with Gasteiger partial charge in [-0.1, -0.05) is 17.7 Å². The Morgan fingerprint density at radius 2 is 2.23 bits per heavy atom. The maximum Gasteiger partial charge on any atom is 0.0702 e. The molecular weight excluding hydrogens is 253 g/mol. The van der Waals surface area contributed by atoms with Crippen LogP contribution in [-0.4, -0.2) is 17.8 Å². The molecule has 0 spiro atoms.